The summed E-state index contributed by atoms with van der Waals surface area (Å²) in [6.07, 6.45) is 3.85. The molecule has 1 heterocycles. The van der Waals surface area contributed by atoms with Crippen LogP contribution in [-0.2, 0) is 14.3 Å². The number of nitro groups is 1. The predicted molar refractivity (Wildman–Crippen MR) is 91.0 cm³/mol. The number of nitrogens with one attached hydrogen (secondary N) is 1. The average molecular weight is 347 g/mol. The summed E-state index contributed by atoms with van der Waals surface area (Å²) >= 11 is 0. The third-order valence-electron chi connectivity index (χ3n) is 4.55. The van der Waals surface area contributed by atoms with Crippen LogP contribution >= 0.6 is 0 Å². The third kappa shape index (κ3) is 4.46. The number of piperidine rings is 1. The largest absolute Gasteiger partial charge is 0.455 e. The molecule has 8 nitrogen and oxygen atoms in total. The van der Waals surface area contributed by atoms with E-state index in [1.807, 2.05) is 24.3 Å². The molecule has 2 atom stereocenters. The molecular formula is C17H21N3O5. The first-order valence-electron chi connectivity index (χ1n) is 8.49. The Bertz CT molecular complexity index is 655. The summed E-state index contributed by atoms with van der Waals surface area (Å²) in [5, 5.41) is 13.2. The lowest BCUT2D eigenvalue weighted by Gasteiger charge is -2.28. The minimum absolute atomic E-state index is 0.186. The lowest BCUT2D eigenvalue weighted by Crippen LogP contribution is -2.29. The molecule has 3 rings (SSSR count). The Morgan fingerprint density at radius 3 is 2.48 bits per heavy atom. The van der Waals surface area contributed by atoms with Crippen molar-refractivity contribution in [1.29, 1.82) is 0 Å². The first-order valence-corrected chi connectivity index (χ1v) is 8.49. The van der Waals surface area contributed by atoms with Crippen LogP contribution in [0.5, 0.6) is 0 Å². The van der Waals surface area contributed by atoms with Crippen LogP contribution in [0.25, 0.3) is 0 Å². The van der Waals surface area contributed by atoms with Crippen LogP contribution in [0.2, 0.25) is 0 Å². The molecule has 1 N–H and O–H groups in total. The topological polar surface area (TPSA) is 102 Å². The Morgan fingerprint density at radius 1 is 1.20 bits per heavy atom. The van der Waals surface area contributed by atoms with Crippen molar-refractivity contribution in [3.8, 4) is 0 Å². The highest BCUT2D eigenvalue weighted by Gasteiger charge is 2.54. The van der Waals surface area contributed by atoms with Gasteiger partial charge in [0.25, 0.3) is 5.91 Å². The number of carbonyl (C=O) groups excluding carboxylic acids is 2. The zero-order valence-electron chi connectivity index (χ0n) is 13.8. The molecular weight excluding hydrogens is 326 g/mol. The number of hydrogen-bond acceptors (Lipinski definition) is 6. The van der Waals surface area contributed by atoms with E-state index in [2.05, 4.69) is 10.2 Å². The SMILES string of the molecule is O=C(COC(=O)C1CC1[N+](=O)[O-])Nc1ccc(N2CCCCC2)cc1. The van der Waals surface area contributed by atoms with Crippen molar-refractivity contribution in [1.82, 2.24) is 0 Å². The predicted octanol–water partition coefficient (Wildman–Crippen LogP) is 1.82. The Hall–Kier alpha value is -2.64. The normalized spacial score (nSPS) is 22.2. The summed E-state index contributed by atoms with van der Waals surface area (Å²) in [6.45, 7) is 1.66. The van der Waals surface area contributed by atoms with Crippen LogP contribution in [0.3, 0.4) is 0 Å². The van der Waals surface area contributed by atoms with Crippen molar-refractivity contribution in [2.45, 2.75) is 31.7 Å². The molecule has 0 bridgehead atoms. The molecule has 2 fully saturated rings. The third-order valence-corrected chi connectivity index (χ3v) is 4.55. The van der Waals surface area contributed by atoms with Crippen molar-refractivity contribution in [2.75, 3.05) is 29.9 Å². The molecule has 8 heteroatoms. The molecule has 0 radical (unpaired) electrons. The van der Waals surface area contributed by atoms with E-state index in [0.717, 1.165) is 18.8 Å². The maximum Gasteiger partial charge on any atom is 0.316 e. The Labute approximate surface area is 145 Å². The van der Waals surface area contributed by atoms with Crippen molar-refractivity contribution < 1.29 is 19.2 Å². The lowest BCUT2D eigenvalue weighted by atomic mass is 10.1. The van der Waals surface area contributed by atoms with Crippen molar-refractivity contribution >= 4 is 23.3 Å². The second-order valence-electron chi connectivity index (χ2n) is 6.45. The van der Waals surface area contributed by atoms with Gasteiger partial charge in [0, 0.05) is 35.8 Å². The number of anilines is 2. The number of benzene rings is 1. The first-order chi connectivity index (χ1) is 12.0. The molecule has 1 aromatic rings. The van der Waals surface area contributed by atoms with E-state index in [-0.39, 0.29) is 6.42 Å². The maximum absolute atomic E-state index is 11.8. The minimum atomic E-state index is -0.863. The summed E-state index contributed by atoms with van der Waals surface area (Å²) in [6, 6.07) is 6.68. The van der Waals surface area contributed by atoms with Gasteiger partial charge in [0.2, 0.25) is 6.04 Å². The van der Waals surface area contributed by atoms with Gasteiger partial charge in [-0.2, -0.15) is 0 Å². The van der Waals surface area contributed by atoms with Crippen LogP contribution in [0.1, 0.15) is 25.7 Å². The van der Waals surface area contributed by atoms with Crippen molar-refractivity contribution in [2.24, 2.45) is 5.92 Å². The van der Waals surface area contributed by atoms with Crippen LogP contribution in [0.4, 0.5) is 11.4 Å². The molecule has 0 spiro atoms. The highest BCUT2D eigenvalue weighted by atomic mass is 16.6. The quantitative estimate of drug-likeness (QED) is 0.478. The summed E-state index contributed by atoms with van der Waals surface area (Å²) in [5.41, 5.74) is 1.75. The number of ether oxygens (including phenoxy) is 1. The number of esters is 1. The summed E-state index contributed by atoms with van der Waals surface area (Å²) in [5.74, 6) is -1.86. The van der Waals surface area contributed by atoms with Crippen LogP contribution in [-0.4, -0.2) is 42.5 Å². The maximum atomic E-state index is 11.8. The Balaban J connectivity index is 1.43. The van der Waals surface area contributed by atoms with Crippen LogP contribution < -0.4 is 10.2 Å². The van der Waals surface area contributed by atoms with E-state index < -0.39 is 35.4 Å². The monoisotopic (exact) mass is 347 g/mol. The zero-order valence-corrected chi connectivity index (χ0v) is 13.8. The zero-order chi connectivity index (χ0) is 17.8. The molecule has 2 aliphatic rings. The van der Waals surface area contributed by atoms with E-state index in [9.17, 15) is 19.7 Å². The van der Waals surface area contributed by atoms with Gasteiger partial charge in [0.05, 0.1) is 0 Å². The van der Waals surface area contributed by atoms with E-state index in [4.69, 9.17) is 4.74 Å². The fraction of sp³-hybridized carbons (Fsp3) is 0.529. The molecule has 1 saturated heterocycles. The number of rotatable bonds is 6. The van der Waals surface area contributed by atoms with Gasteiger partial charge in [0.15, 0.2) is 6.61 Å². The van der Waals surface area contributed by atoms with E-state index in [0.29, 0.717) is 5.69 Å². The Morgan fingerprint density at radius 2 is 1.88 bits per heavy atom. The van der Waals surface area contributed by atoms with Crippen molar-refractivity contribution in [3.05, 3.63) is 34.4 Å². The van der Waals surface area contributed by atoms with Gasteiger partial charge in [-0.3, -0.25) is 19.7 Å². The molecule has 1 aromatic carbocycles. The van der Waals surface area contributed by atoms with Crippen LogP contribution in [0.15, 0.2) is 24.3 Å². The average Bonchev–Trinajstić information content (AvgIpc) is 3.42. The Kier molecular flexibility index (Phi) is 5.16. The molecule has 134 valence electrons. The summed E-state index contributed by atoms with van der Waals surface area (Å²) in [4.78, 5) is 35.8. The summed E-state index contributed by atoms with van der Waals surface area (Å²) < 4.78 is 4.84. The molecule has 1 saturated carbocycles. The molecule has 1 amide bonds. The molecule has 25 heavy (non-hydrogen) atoms. The number of carbonyl (C=O) groups is 2. The standard InChI is InChI=1S/C17H21N3O5/c21-16(11-25-17(22)14-10-15(14)20(23)24)18-12-4-6-13(7-5-12)19-8-2-1-3-9-19/h4-7,14-15H,1-3,8-11H2,(H,18,21). The van der Waals surface area contributed by atoms with Gasteiger partial charge in [0.1, 0.15) is 5.92 Å². The van der Waals surface area contributed by atoms with Crippen molar-refractivity contribution in [3.63, 3.8) is 0 Å². The number of amides is 1. The second-order valence-corrected chi connectivity index (χ2v) is 6.45. The van der Waals surface area contributed by atoms with E-state index in [1.54, 1.807) is 0 Å². The highest BCUT2D eigenvalue weighted by molar-refractivity contribution is 5.93. The smallest absolute Gasteiger partial charge is 0.316 e. The fourth-order valence-corrected chi connectivity index (χ4v) is 3.02. The fourth-order valence-electron chi connectivity index (χ4n) is 3.02. The number of hydrogen-bond donors (Lipinski definition) is 1. The molecule has 1 aliphatic carbocycles. The second kappa shape index (κ2) is 7.50. The highest BCUT2D eigenvalue weighted by Crippen LogP contribution is 2.34. The molecule has 0 aromatic heterocycles. The van der Waals surface area contributed by atoms with E-state index >= 15 is 0 Å². The van der Waals surface area contributed by atoms with Gasteiger partial charge in [-0.15, -0.1) is 0 Å². The lowest BCUT2D eigenvalue weighted by molar-refractivity contribution is -0.497. The van der Waals surface area contributed by atoms with Gasteiger partial charge in [-0.25, -0.2) is 0 Å². The van der Waals surface area contributed by atoms with Crippen LogP contribution in [0, 0.1) is 16.0 Å². The minimum Gasteiger partial charge on any atom is -0.455 e. The van der Waals surface area contributed by atoms with E-state index in [1.165, 1.54) is 19.3 Å². The van der Waals surface area contributed by atoms with Gasteiger partial charge in [-0.1, -0.05) is 0 Å². The van der Waals surface area contributed by atoms with Gasteiger partial charge in [-0.05, 0) is 43.5 Å². The van der Waals surface area contributed by atoms with Gasteiger partial charge < -0.3 is 15.0 Å². The molecule has 2 unspecified atom stereocenters. The summed E-state index contributed by atoms with van der Waals surface area (Å²) in [7, 11) is 0. The molecule has 1 aliphatic heterocycles. The number of nitrogens with zero attached hydrogens (tertiary/aromatic N) is 2. The van der Waals surface area contributed by atoms with Gasteiger partial charge >= 0.3 is 5.97 Å². The first kappa shape index (κ1) is 17.2.